The number of anilines is 1. The SMILES string of the molecule is CCOC(=O)C1CCN(C(=O)CCc2nnc3ccc(N4CCCC4)nn23)CC1. The highest BCUT2D eigenvalue weighted by atomic mass is 16.5. The predicted octanol–water partition coefficient (Wildman–Crippen LogP) is 1.46. The van der Waals surface area contributed by atoms with Gasteiger partial charge in [-0.05, 0) is 44.7 Å². The van der Waals surface area contributed by atoms with Crippen LogP contribution in [-0.4, -0.2) is 69.4 Å². The van der Waals surface area contributed by atoms with Crippen molar-refractivity contribution in [1.29, 1.82) is 0 Å². The van der Waals surface area contributed by atoms with Gasteiger partial charge in [0, 0.05) is 39.0 Å². The highest BCUT2D eigenvalue weighted by molar-refractivity contribution is 5.77. The molecular formula is C20H28N6O3. The molecule has 0 radical (unpaired) electrons. The van der Waals surface area contributed by atoms with Gasteiger partial charge in [0.25, 0.3) is 0 Å². The Labute approximate surface area is 170 Å². The van der Waals surface area contributed by atoms with Gasteiger partial charge in [-0.3, -0.25) is 9.59 Å². The second kappa shape index (κ2) is 8.75. The number of carbonyl (C=O) groups is 2. The fraction of sp³-hybridized carbons (Fsp3) is 0.650. The number of esters is 1. The first kappa shape index (κ1) is 19.6. The molecule has 0 aromatic carbocycles. The van der Waals surface area contributed by atoms with E-state index in [1.165, 1.54) is 12.8 Å². The van der Waals surface area contributed by atoms with E-state index in [1.807, 2.05) is 24.0 Å². The first-order valence-corrected chi connectivity index (χ1v) is 10.6. The number of hydrogen-bond acceptors (Lipinski definition) is 7. The maximum atomic E-state index is 12.6. The third kappa shape index (κ3) is 4.33. The number of hydrogen-bond donors (Lipinski definition) is 0. The molecule has 0 bridgehead atoms. The van der Waals surface area contributed by atoms with E-state index in [0.29, 0.717) is 56.9 Å². The van der Waals surface area contributed by atoms with Crippen LogP contribution < -0.4 is 4.90 Å². The van der Waals surface area contributed by atoms with Gasteiger partial charge in [0.05, 0.1) is 12.5 Å². The van der Waals surface area contributed by atoms with E-state index in [1.54, 1.807) is 4.52 Å². The van der Waals surface area contributed by atoms with Gasteiger partial charge in [-0.25, -0.2) is 0 Å². The smallest absolute Gasteiger partial charge is 0.309 e. The fourth-order valence-corrected chi connectivity index (χ4v) is 4.10. The average molecular weight is 400 g/mol. The molecule has 29 heavy (non-hydrogen) atoms. The maximum absolute atomic E-state index is 12.6. The number of fused-ring (bicyclic) bond motifs is 1. The third-order valence-corrected chi connectivity index (χ3v) is 5.77. The Morgan fingerprint density at radius 2 is 1.86 bits per heavy atom. The summed E-state index contributed by atoms with van der Waals surface area (Å²) in [5, 5.41) is 13.1. The van der Waals surface area contributed by atoms with Crippen LogP contribution in [0.1, 0.15) is 44.9 Å². The summed E-state index contributed by atoms with van der Waals surface area (Å²) >= 11 is 0. The number of amides is 1. The summed E-state index contributed by atoms with van der Waals surface area (Å²) in [7, 11) is 0. The van der Waals surface area contributed by atoms with Crippen LogP contribution in [0.5, 0.6) is 0 Å². The van der Waals surface area contributed by atoms with Gasteiger partial charge < -0.3 is 14.5 Å². The molecule has 2 fully saturated rings. The molecule has 2 saturated heterocycles. The van der Waals surface area contributed by atoms with Crippen LogP contribution in [0.15, 0.2) is 12.1 Å². The minimum atomic E-state index is -0.144. The second-order valence-electron chi connectivity index (χ2n) is 7.68. The molecule has 1 amide bonds. The lowest BCUT2D eigenvalue weighted by atomic mass is 9.96. The van der Waals surface area contributed by atoms with Crippen molar-refractivity contribution >= 4 is 23.3 Å². The van der Waals surface area contributed by atoms with Crippen LogP contribution in [0.4, 0.5) is 5.82 Å². The summed E-state index contributed by atoms with van der Waals surface area (Å²) < 4.78 is 6.85. The number of ether oxygens (including phenoxy) is 1. The zero-order valence-corrected chi connectivity index (χ0v) is 16.9. The molecule has 4 rings (SSSR count). The van der Waals surface area contributed by atoms with Crippen LogP contribution in [0.25, 0.3) is 5.65 Å². The molecule has 2 aromatic heterocycles. The van der Waals surface area contributed by atoms with Crippen molar-refractivity contribution in [3.63, 3.8) is 0 Å². The van der Waals surface area contributed by atoms with Gasteiger partial charge in [-0.15, -0.1) is 15.3 Å². The Bertz CT molecular complexity index is 868. The Kier molecular flexibility index (Phi) is 5.92. The van der Waals surface area contributed by atoms with Crippen molar-refractivity contribution in [2.45, 2.75) is 45.4 Å². The highest BCUT2D eigenvalue weighted by Crippen LogP contribution is 2.20. The number of piperidine rings is 1. The van der Waals surface area contributed by atoms with Crippen molar-refractivity contribution in [2.75, 3.05) is 37.7 Å². The second-order valence-corrected chi connectivity index (χ2v) is 7.68. The van der Waals surface area contributed by atoms with E-state index in [0.717, 1.165) is 18.9 Å². The van der Waals surface area contributed by atoms with Crippen molar-refractivity contribution < 1.29 is 14.3 Å². The molecule has 0 spiro atoms. The average Bonchev–Trinajstić information content (AvgIpc) is 3.42. The molecule has 9 heteroatoms. The van der Waals surface area contributed by atoms with Crippen LogP contribution in [0.3, 0.4) is 0 Å². The van der Waals surface area contributed by atoms with Gasteiger partial charge in [-0.2, -0.15) is 4.52 Å². The summed E-state index contributed by atoms with van der Waals surface area (Å²) in [5.74, 6) is 1.49. The molecule has 4 heterocycles. The number of aromatic nitrogens is 4. The standard InChI is InChI=1S/C20H28N6O3/c1-2-29-20(28)15-9-13-25(14-10-15)19(27)8-7-17-22-21-16-5-6-18(23-26(16)17)24-11-3-4-12-24/h5-6,15H,2-4,7-14H2,1H3. The molecule has 0 saturated carbocycles. The van der Waals surface area contributed by atoms with Crippen molar-refractivity contribution in [2.24, 2.45) is 5.92 Å². The minimum absolute atomic E-state index is 0.0831. The number of likely N-dealkylation sites (tertiary alicyclic amines) is 1. The number of carbonyl (C=O) groups excluding carboxylic acids is 2. The fourth-order valence-electron chi connectivity index (χ4n) is 4.10. The summed E-state index contributed by atoms with van der Waals surface area (Å²) in [6.07, 6.45) is 4.57. The lowest BCUT2D eigenvalue weighted by Gasteiger charge is -2.30. The quantitative estimate of drug-likeness (QED) is 0.678. The molecule has 0 atom stereocenters. The summed E-state index contributed by atoms with van der Waals surface area (Å²) in [6, 6.07) is 3.91. The zero-order valence-electron chi connectivity index (χ0n) is 16.9. The van der Waals surface area contributed by atoms with E-state index < -0.39 is 0 Å². The van der Waals surface area contributed by atoms with Crippen LogP contribution in [0.2, 0.25) is 0 Å². The third-order valence-electron chi connectivity index (χ3n) is 5.77. The molecule has 2 aromatic rings. The molecule has 156 valence electrons. The molecular weight excluding hydrogens is 372 g/mol. The van der Waals surface area contributed by atoms with E-state index in [2.05, 4.69) is 15.1 Å². The van der Waals surface area contributed by atoms with E-state index >= 15 is 0 Å². The molecule has 9 nitrogen and oxygen atoms in total. The Balaban J connectivity index is 1.34. The molecule has 2 aliphatic rings. The van der Waals surface area contributed by atoms with Crippen molar-refractivity contribution in [3.05, 3.63) is 18.0 Å². The topological polar surface area (TPSA) is 92.9 Å². The lowest BCUT2D eigenvalue weighted by molar-refractivity contribution is -0.151. The monoisotopic (exact) mass is 400 g/mol. The Morgan fingerprint density at radius 3 is 2.59 bits per heavy atom. The predicted molar refractivity (Wildman–Crippen MR) is 106 cm³/mol. The first-order valence-electron chi connectivity index (χ1n) is 10.6. The minimum Gasteiger partial charge on any atom is -0.466 e. The maximum Gasteiger partial charge on any atom is 0.309 e. The Morgan fingerprint density at radius 1 is 1.10 bits per heavy atom. The molecule has 2 aliphatic heterocycles. The first-order chi connectivity index (χ1) is 14.2. The van der Waals surface area contributed by atoms with Crippen LogP contribution >= 0.6 is 0 Å². The summed E-state index contributed by atoms with van der Waals surface area (Å²) in [6.45, 7) is 5.46. The highest BCUT2D eigenvalue weighted by Gasteiger charge is 2.28. The van der Waals surface area contributed by atoms with Gasteiger partial charge in [0.2, 0.25) is 5.91 Å². The van der Waals surface area contributed by atoms with Crippen LogP contribution in [0, 0.1) is 5.92 Å². The number of nitrogens with zero attached hydrogens (tertiary/aromatic N) is 6. The van der Waals surface area contributed by atoms with Crippen LogP contribution in [-0.2, 0) is 20.7 Å². The van der Waals surface area contributed by atoms with Crippen molar-refractivity contribution in [1.82, 2.24) is 24.7 Å². The summed E-state index contributed by atoms with van der Waals surface area (Å²) in [5.41, 5.74) is 0.700. The largest absolute Gasteiger partial charge is 0.466 e. The Hall–Kier alpha value is -2.71. The normalized spacial score (nSPS) is 17.8. The number of rotatable bonds is 6. The molecule has 0 aliphatic carbocycles. The van der Waals surface area contributed by atoms with Gasteiger partial charge in [-0.1, -0.05) is 0 Å². The zero-order chi connectivity index (χ0) is 20.2. The van der Waals surface area contributed by atoms with E-state index in [-0.39, 0.29) is 17.8 Å². The summed E-state index contributed by atoms with van der Waals surface area (Å²) in [4.78, 5) is 28.6. The van der Waals surface area contributed by atoms with Gasteiger partial charge >= 0.3 is 5.97 Å². The lowest BCUT2D eigenvalue weighted by Crippen LogP contribution is -2.40. The molecule has 0 unspecified atom stereocenters. The van der Waals surface area contributed by atoms with E-state index in [4.69, 9.17) is 9.84 Å². The van der Waals surface area contributed by atoms with Gasteiger partial charge in [0.15, 0.2) is 11.5 Å². The molecule has 0 N–H and O–H groups in total. The van der Waals surface area contributed by atoms with E-state index in [9.17, 15) is 9.59 Å². The van der Waals surface area contributed by atoms with Gasteiger partial charge in [0.1, 0.15) is 5.82 Å². The number of aryl methyl sites for hydroxylation is 1. The van der Waals surface area contributed by atoms with Crippen molar-refractivity contribution in [3.8, 4) is 0 Å².